The van der Waals surface area contributed by atoms with E-state index in [0.29, 0.717) is 44.9 Å². The molecule has 0 heterocycles. The molecule has 17 heavy (non-hydrogen) atoms. The minimum absolute atomic E-state index is 0.0297. The molecule has 0 saturated heterocycles. The predicted octanol–water partition coefficient (Wildman–Crippen LogP) is 0.957. The molecule has 102 valence electrons. The van der Waals surface area contributed by atoms with Gasteiger partial charge in [0.05, 0.1) is 38.4 Å². The number of ether oxygens (including phenoxy) is 3. The number of amides is 1. The van der Waals surface area contributed by atoms with Crippen LogP contribution in [0.15, 0.2) is 0 Å². The summed E-state index contributed by atoms with van der Waals surface area (Å²) in [5, 5.41) is 3.01. The van der Waals surface area contributed by atoms with Crippen LogP contribution >= 0.6 is 15.9 Å². The third-order valence-electron chi connectivity index (χ3n) is 1.78. The molecule has 0 bridgehead atoms. The molecule has 1 amide bonds. The Morgan fingerprint density at radius 3 is 2.06 bits per heavy atom. The van der Waals surface area contributed by atoms with Gasteiger partial charge in [0.15, 0.2) is 0 Å². The van der Waals surface area contributed by atoms with Crippen LogP contribution in [0.25, 0.3) is 0 Å². The van der Waals surface area contributed by atoms with Crippen molar-refractivity contribution in [2.45, 2.75) is 13.3 Å². The summed E-state index contributed by atoms with van der Waals surface area (Å²) in [7, 11) is 0. The zero-order valence-corrected chi connectivity index (χ0v) is 12.0. The van der Waals surface area contributed by atoms with Crippen LogP contribution in [0.2, 0.25) is 0 Å². The molecule has 0 aliphatic rings. The van der Waals surface area contributed by atoms with Crippen LogP contribution in [0.5, 0.6) is 0 Å². The molecular formula is C11H22BrNO4. The summed E-state index contributed by atoms with van der Waals surface area (Å²) >= 11 is 3.06. The monoisotopic (exact) mass is 311 g/mol. The minimum atomic E-state index is -0.0297. The number of carbonyl (C=O) groups is 1. The van der Waals surface area contributed by atoms with Gasteiger partial charge in [0.1, 0.15) is 0 Å². The van der Waals surface area contributed by atoms with Crippen molar-refractivity contribution in [2.75, 3.05) is 51.5 Å². The van der Waals surface area contributed by atoms with Crippen LogP contribution in [0.4, 0.5) is 0 Å². The lowest BCUT2D eigenvalue weighted by molar-refractivity contribution is -0.118. The molecule has 1 N–H and O–H groups in total. The number of hydrogen-bond acceptors (Lipinski definition) is 4. The average Bonchev–Trinajstić information content (AvgIpc) is 2.35. The third kappa shape index (κ3) is 13.8. The molecule has 0 aromatic carbocycles. The molecule has 0 radical (unpaired) electrons. The molecule has 0 aromatic rings. The Morgan fingerprint density at radius 2 is 1.53 bits per heavy atom. The fourth-order valence-corrected chi connectivity index (χ4v) is 1.19. The smallest absolute Gasteiger partial charge is 0.230 e. The first kappa shape index (κ1) is 16.8. The highest BCUT2D eigenvalue weighted by atomic mass is 79.9. The van der Waals surface area contributed by atoms with Gasteiger partial charge in [-0.25, -0.2) is 0 Å². The van der Waals surface area contributed by atoms with Crippen LogP contribution in [0.3, 0.4) is 0 Å². The van der Waals surface area contributed by atoms with E-state index < -0.39 is 0 Å². The predicted molar refractivity (Wildman–Crippen MR) is 69.6 cm³/mol. The largest absolute Gasteiger partial charge is 0.379 e. The van der Waals surface area contributed by atoms with Gasteiger partial charge in [-0.2, -0.15) is 0 Å². The highest BCUT2D eigenvalue weighted by molar-refractivity contribution is 9.09. The lowest BCUT2D eigenvalue weighted by Crippen LogP contribution is -2.28. The second kappa shape index (κ2) is 13.9. The van der Waals surface area contributed by atoms with E-state index >= 15 is 0 Å². The zero-order chi connectivity index (χ0) is 12.8. The number of alkyl halides is 1. The molecule has 0 spiro atoms. The van der Waals surface area contributed by atoms with Crippen molar-refractivity contribution in [3.8, 4) is 0 Å². The van der Waals surface area contributed by atoms with E-state index in [1.54, 1.807) is 0 Å². The quantitative estimate of drug-likeness (QED) is 0.431. The van der Waals surface area contributed by atoms with E-state index in [9.17, 15) is 4.79 Å². The normalized spacial score (nSPS) is 10.5. The van der Waals surface area contributed by atoms with Crippen LogP contribution in [-0.2, 0) is 19.0 Å². The first-order valence-corrected chi connectivity index (χ1v) is 6.99. The Balaban J connectivity index is 2.96. The highest BCUT2D eigenvalue weighted by Crippen LogP contribution is 1.83. The Morgan fingerprint density at radius 1 is 1.00 bits per heavy atom. The molecule has 0 aromatic heterocycles. The topological polar surface area (TPSA) is 56.8 Å². The maximum Gasteiger partial charge on any atom is 0.230 e. The summed E-state index contributed by atoms with van der Waals surface area (Å²) in [5.74, 6) is -0.0297. The maximum atomic E-state index is 10.8. The van der Waals surface area contributed by atoms with E-state index in [4.69, 9.17) is 14.2 Å². The lowest BCUT2D eigenvalue weighted by Gasteiger charge is -2.06. The van der Waals surface area contributed by atoms with E-state index in [1.165, 1.54) is 0 Å². The Hall–Kier alpha value is -0.170. The lowest BCUT2D eigenvalue weighted by atomic mass is 10.5. The van der Waals surface area contributed by atoms with Crippen LogP contribution < -0.4 is 5.32 Å². The standard InChI is InChI=1S/C11H22BrNO4/c1-2-4-15-6-8-17-9-7-16-5-3-13-11(14)10-12/h2-10H2,1H3,(H,13,14). The van der Waals surface area contributed by atoms with E-state index in [1.807, 2.05) is 0 Å². The second-order valence-electron chi connectivity index (χ2n) is 3.32. The van der Waals surface area contributed by atoms with Crippen LogP contribution in [-0.4, -0.2) is 57.4 Å². The fraction of sp³-hybridized carbons (Fsp3) is 0.909. The van der Waals surface area contributed by atoms with Gasteiger partial charge in [-0.15, -0.1) is 0 Å². The molecule has 0 aliphatic heterocycles. The molecule has 0 atom stereocenters. The average molecular weight is 312 g/mol. The zero-order valence-electron chi connectivity index (χ0n) is 10.4. The summed E-state index contributed by atoms with van der Waals surface area (Å²) in [6.07, 6.45) is 1.03. The van der Waals surface area contributed by atoms with Gasteiger partial charge in [0.25, 0.3) is 0 Å². The van der Waals surface area contributed by atoms with Gasteiger partial charge in [-0.3, -0.25) is 4.79 Å². The van der Waals surface area contributed by atoms with Gasteiger partial charge in [0, 0.05) is 13.2 Å². The van der Waals surface area contributed by atoms with E-state index in [2.05, 4.69) is 28.2 Å². The van der Waals surface area contributed by atoms with Crippen molar-refractivity contribution in [1.29, 1.82) is 0 Å². The van der Waals surface area contributed by atoms with Crippen molar-refractivity contribution < 1.29 is 19.0 Å². The SMILES string of the molecule is CCCOCCOCCOCCNC(=O)CBr. The van der Waals surface area contributed by atoms with E-state index in [-0.39, 0.29) is 5.91 Å². The number of rotatable bonds is 12. The van der Waals surface area contributed by atoms with E-state index in [0.717, 1.165) is 13.0 Å². The van der Waals surface area contributed by atoms with Crippen molar-refractivity contribution in [1.82, 2.24) is 5.32 Å². The highest BCUT2D eigenvalue weighted by Gasteiger charge is 1.96. The summed E-state index contributed by atoms with van der Waals surface area (Å²) in [4.78, 5) is 10.8. The molecule has 0 aliphatic carbocycles. The molecule has 0 fully saturated rings. The maximum absolute atomic E-state index is 10.8. The molecular weight excluding hydrogens is 290 g/mol. The van der Waals surface area contributed by atoms with Crippen molar-refractivity contribution in [2.24, 2.45) is 0 Å². The molecule has 5 nitrogen and oxygen atoms in total. The van der Waals surface area contributed by atoms with Crippen molar-refractivity contribution in [3.05, 3.63) is 0 Å². The molecule has 0 unspecified atom stereocenters. The summed E-state index contributed by atoms with van der Waals surface area (Å²) < 4.78 is 15.8. The van der Waals surface area contributed by atoms with Crippen molar-refractivity contribution >= 4 is 21.8 Å². The number of halogens is 1. The summed E-state index contributed by atoms with van der Waals surface area (Å²) in [5.41, 5.74) is 0. The Labute approximate surface area is 111 Å². The third-order valence-corrected chi connectivity index (χ3v) is 2.29. The minimum Gasteiger partial charge on any atom is -0.379 e. The number of nitrogens with one attached hydrogen (secondary N) is 1. The molecule has 0 rings (SSSR count). The first-order valence-electron chi connectivity index (χ1n) is 5.87. The van der Waals surface area contributed by atoms with Crippen molar-refractivity contribution in [3.63, 3.8) is 0 Å². The summed E-state index contributed by atoms with van der Waals surface area (Å²) in [6.45, 7) is 6.23. The second-order valence-corrected chi connectivity index (χ2v) is 3.88. The first-order chi connectivity index (χ1) is 8.31. The van der Waals surface area contributed by atoms with Crippen LogP contribution in [0.1, 0.15) is 13.3 Å². The Kier molecular flexibility index (Phi) is 13.8. The van der Waals surface area contributed by atoms with Gasteiger partial charge in [0.2, 0.25) is 5.91 Å². The van der Waals surface area contributed by atoms with Gasteiger partial charge in [-0.1, -0.05) is 22.9 Å². The number of hydrogen-bond donors (Lipinski definition) is 1. The van der Waals surface area contributed by atoms with Gasteiger partial charge >= 0.3 is 0 Å². The van der Waals surface area contributed by atoms with Gasteiger partial charge < -0.3 is 19.5 Å². The molecule has 0 saturated carbocycles. The number of carbonyl (C=O) groups excluding carboxylic acids is 1. The molecule has 6 heteroatoms. The van der Waals surface area contributed by atoms with Crippen LogP contribution in [0, 0.1) is 0 Å². The fourth-order valence-electron chi connectivity index (χ4n) is 0.996. The summed E-state index contributed by atoms with van der Waals surface area (Å²) in [6, 6.07) is 0. The Bertz CT molecular complexity index is 181. The van der Waals surface area contributed by atoms with Gasteiger partial charge in [-0.05, 0) is 6.42 Å².